The minimum absolute atomic E-state index is 0.0750. The summed E-state index contributed by atoms with van der Waals surface area (Å²) >= 11 is 0. The molecule has 358 valence electrons. The van der Waals surface area contributed by atoms with E-state index in [1.54, 1.807) is 23.3 Å². The largest absolute Gasteiger partial charge is 0.390 e. The number of carbonyl (C=O) groups is 2. The zero-order chi connectivity index (χ0) is 45.7. The molecule has 13 heteroatoms. The molecule has 10 aliphatic carbocycles. The van der Waals surface area contributed by atoms with Crippen LogP contribution in [-0.4, -0.2) is 77.7 Å². The minimum Gasteiger partial charge on any atom is -0.390 e. The van der Waals surface area contributed by atoms with Gasteiger partial charge in [0.25, 0.3) is 0 Å². The summed E-state index contributed by atoms with van der Waals surface area (Å²) in [4.78, 5) is 28.1. The molecular weight excluding hydrogens is 857 g/mol. The van der Waals surface area contributed by atoms with Crippen LogP contribution >= 0.6 is 0 Å². The first-order valence-corrected chi connectivity index (χ1v) is 29.2. The first-order chi connectivity index (χ1) is 30.7. The Bertz CT molecular complexity index is 2360. The molecule has 1 unspecified atom stereocenters. The number of aliphatic hydroxyl groups is 2. The molecule has 2 heterocycles. The van der Waals surface area contributed by atoms with Crippen LogP contribution in [0.3, 0.4) is 0 Å². The lowest BCUT2D eigenvalue weighted by atomic mass is 9.48. The normalized spacial score (nSPS) is 49.2. The number of sulfone groups is 1. The van der Waals surface area contributed by atoms with Gasteiger partial charge in [-0.05, 0) is 210 Å². The van der Waals surface area contributed by atoms with Crippen LogP contribution < -0.4 is 0 Å². The second-order valence-electron chi connectivity index (χ2n) is 25.3. The van der Waals surface area contributed by atoms with Crippen molar-refractivity contribution < 1.29 is 32.4 Å². The van der Waals surface area contributed by atoms with E-state index in [2.05, 4.69) is 24.0 Å². The molecule has 0 radical (unpaired) electrons. The van der Waals surface area contributed by atoms with Crippen molar-refractivity contribution in [1.29, 1.82) is 0 Å². The Morgan fingerprint density at radius 3 is 1.51 bits per heavy atom. The van der Waals surface area contributed by atoms with Crippen LogP contribution in [0.5, 0.6) is 0 Å². The van der Waals surface area contributed by atoms with Crippen LogP contribution in [0.1, 0.15) is 130 Å². The van der Waals surface area contributed by atoms with Gasteiger partial charge in [0.2, 0.25) is 0 Å². The van der Waals surface area contributed by atoms with Crippen molar-refractivity contribution in [2.24, 2.45) is 106 Å². The highest BCUT2D eigenvalue weighted by Gasteiger charge is 2.72. The van der Waals surface area contributed by atoms with E-state index >= 15 is 0 Å². The third-order valence-corrected chi connectivity index (χ3v) is 23.3. The van der Waals surface area contributed by atoms with Gasteiger partial charge in [0.05, 0.1) is 52.4 Å². The van der Waals surface area contributed by atoms with Gasteiger partial charge in [-0.15, -0.1) is 0 Å². The smallest absolute Gasteiger partial charge is 0.178 e. The molecule has 21 atom stereocenters. The van der Waals surface area contributed by atoms with Gasteiger partial charge in [0.15, 0.2) is 21.4 Å². The van der Waals surface area contributed by atoms with Crippen molar-refractivity contribution in [2.45, 2.75) is 165 Å². The third-order valence-electron chi connectivity index (χ3n) is 21.4. The highest BCUT2D eigenvalue weighted by Crippen LogP contribution is 2.76. The molecule has 10 fully saturated rings. The van der Waals surface area contributed by atoms with E-state index in [-0.39, 0.29) is 39.9 Å². The lowest BCUT2D eigenvalue weighted by molar-refractivity contribution is -0.137. The number of hydrogen-bond donors (Lipinski definition) is 2. The highest BCUT2D eigenvalue weighted by molar-refractivity contribution is 7.90. The SMILES string of the molecule is CS(=O)c1cnn(CC(=O)[C@H]2[C@H]3C[C@H]3[C@H]3[C@@H]4CC[C@@H]5C[C@](C)(O)CC[C@@H]5[C@H]4CC[C@@]32C)c1.C[C@@]1(O)CC[C@H]2[C@H](CC[C@@H]3[C@@H]2CC[C@@]2(C)[C@H]3[C@@H]3C[C@@H]3[C@@H]2C(=O)Cn2cc(S(C)(=O)=O)cn2)C1. The fourth-order valence-corrected chi connectivity index (χ4v) is 20.0. The molecule has 0 aromatic carbocycles. The average molecular weight is 933 g/mol. The van der Waals surface area contributed by atoms with Crippen molar-refractivity contribution in [1.82, 2.24) is 19.6 Å². The Hall–Kier alpha value is -2.22. The molecule has 10 saturated carbocycles. The Kier molecular flexibility index (Phi) is 10.9. The molecule has 11 nitrogen and oxygen atoms in total. The molecule has 2 aromatic rings. The van der Waals surface area contributed by atoms with Crippen LogP contribution in [0.15, 0.2) is 34.6 Å². The molecule has 0 amide bonds. The number of hydrogen-bond acceptors (Lipinski definition) is 9. The second-order valence-corrected chi connectivity index (χ2v) is 28.7. The molecule has 2 N–H and O–H groups in total. The Balaban J connectivity index is 0.000000144. The Morgan fingerprint density at radius 1 is 0.631 bits per heavy atom. The molecule has 0 saturated heterocycles. The number of nitrogens with zero attached hydrogens (tertiary/aromatic N) is 4. The standard InChI is InChI=1S/C26H38N2O4S.C26H38N2O3S/c1-25(30)8-6-17-15(11-25)4-5-19-18(17)7-9-26(2)23(19)20-10-21(20)24(26)22(29)14-28-13-16(12-27-28)33(3,31)32;1-25(30)8-6-17-15(11-25)4-5-19-18(17)7-9-26(2)23(19)20-10-21(20)24(26)22(29)14-28-13-16(12-27-28)32(3)31/h12-13,15,17-21,23-24,30H,4-11,14H2,1-3H3;12-13,15,17-21,23-24,30H,4-11,14H2,1-3H3/t15-,17+,18-,19-,20-,21+,23-,24-,25-,26+;15-,17+,18-,19-,20-,21+,23-,24-,25-,26+,32?/m11/s1. The van der Waals surface area contributed by atoms with Crippen molar-refractivity contribution in [3.05, 3.63) is 24.8 Å². The van der Waals surface area contributed by atoms with Crippen LogP contribution in [0.4, 0.5) is 0 Å². The van der Waals surface area contributed by atoms with Gasteiger partial charge < -0.3 is 10.2 Å². The maximum Gasteiger partial charge on any atom is 0.178 e. The van der Waals surface area contributed by atoms with Gasteiger partial charge >= 0.3 is 0 Å². The summed E-state index contributed by atoms with van der Waals surface area (Å²) in [5.41, 5.74) is -0.721. The van der Waals surface area contributed by atoms with Crippen molar-refractivity contribution in [3.63, 3.8) is 0 Å². The van der Waals surface area contributed by atoms with Crippen molar-refractivity contribution >= 4 is 32.2 Å². The summed E-state index contributed by atoms with van der Waals surface area (Å²) < 4.78 is 38.6. The number of ketones is 2. The molecular formula is C52H76N4O7S2. The van der Waals surface area contributed by atoms with Gasteiger partial charge in [-0.3, -0.25) is 23.2 Å². The number of aromatic nitrogens is 4. The monoisotopic (exact) mass is 933 g/mol. The van der Waals surface area contributed by atoms with E-state index in [0.29, 0.717) is 58.6 Å². The van der Waals surface area contributed by atoms with E-state index in [1.807, 2.05) is 13.8 Å². The minimum atomic E-state index is -3.31. The van der Waals surface area contributed by atoms with Crippen molar-refractivity contribution in [3.8, 4) is 0 Å². The second kappa shape index (κ2) is 15.6. The summed E-state index contributed by atoms with van der Waals surface area (Å²) in [7, 11) is -4.37. The molecule has 10 aliphatic rings. The van der Waals surface area contributed by atoms with Crippen LogP contribution in [-0.2, 0) is 43.3 Å². The molecule has 2 aromatic heterocycles. The lowest BCUT2D eigenvalue weighted by Gasteiger charge is -2.57. The molecule has 12 rings (SSSR count). The molecule has 0 aliphatic heterocycles. The topological polar surface area (TPSA) is 161 Å². The number of rotatable bonds is 8. The van der Waals surface area contributed by atoms with E-state index in [4.69, 9.17) is 0 Å². The van der Waals surface area contributed by atoms with E-state index in [9.17, 15) is 32.4 Å². The van der Waals surface area contributed by atoms with Crippen molar-refractivity contribution in [2.75, 3.05) is 12.5 Å². The fourth-order valence-electron chi connectivity index (χ4n) is 19.0. The lowest BCUT2D eigenvalue weighted by Crippen LogP contribution is -2.52. The van der Waals surface area contributed by atoms with E-state index in [0.717, 1.165) is 73.5 Å². The van der Waals surface area contributed by atoms with E-state index < -0.39 is 31.8 Å². The van der Waals surface area contributed by atoms with Gasteiger partial charge in [0.1, 0.15) is 4.90 Å². The number of Topliss-reactive ketones (excluding diaryl/α,β-unsaturated/α-hetero) is 2. The quantitative estimate of drug-likeness (QED) is 0.269. The average Bonchev–Trinajstić information content (AvgIpc) is 3.93. The maximum atomic E-state index is 13.6. The Morgan fingerprint density at radius 2 is 1.08 bits per heavy atom. The number of fused-ring (bicyclic) bond motifs is 14. The summed E-state index contributed by atoms with van der Waals surface area (Å²) in [5.74, 6) is 10.8. The summed E-state index contributed by atoms with van der Waals surface area (Å²) in [6.07, 6.45) is 27.6. The molecule has 0 bridgehead atoms. The molecule has 65 heavy (non-hydrogen) atoms. The summed E-state index contributed by atoms with van der Waals surface area (Å²) in [6, 6.07) is 0. The van der Waals surface area contributed by atoms with Gasteiger partial charge in [0, 0.05) is 36.7 Å². The summed E-state index contributed by atoms with van der Waals surface area (Å²) in [6.45, 7) is 9.39. The van der Waals surface area contributed by atoms with Gasteiger partial charge in [-0.2, -0.15) is 10.2 Å². The van der Waals surface area contributed by atoms with Gasteiger partial charge in [-0.1, -0.05) is 13.8 Å². The van der Waals surface area contributed by atoms with Gasteiger partial charge in [-0.25, -0.2) is 8.42 Å². The predicted octanol–water partition coefficient (Wildman–Crippen LogP) is 7.80. The maximum absolute atomic E-state index is 13.6. The van der Waals surface area contributed by atoms with Crippen LogP contribution in [0, 0.1) is 106 Å². The highest BCUT2D eigenvalue weighted by atomic mass is 32.2. The van der Waals surface area contributed by atoms with E-state index in [1.165, 1.54) is 94.0 Å². The third kappa shape index (κ3) is 7.66. The van der Waals surface area contributed by atoms with Crippen LogP contribution in [0.2, 0.25) is 0 Å². The fraction of sp³-hybridized carbons (Fsp3) is 0.846. The first kappa shape index (κ1) is 45.2. The first-order valence-electron chi connectivity index (χ1n) is 25.7. The zero-order valence-electron chi connectivity index (χ0n) is 39.8. The number of carbonyl (C=O) groups excluding carboxylic acids is 2. The summed E-state index contributed by atoms with van der Waals surface area (Å²) in [5, 5.41) is 29.8. The Labute approximate surface area is 389 Å². The zero-order valence-corrected chi connectivity index (χ0v) is 41.4. The van der Waals surface area contributed by atoms with Crippen LogP contribution in [0.25, 0.3) is 0 Å². The molecule has 0 spiro atoms. The predicted molar refractivity (Wildman–Crippen MR) is 247 cm³/mol.